The second-order valence-electron chi connectivity index (χ2n) is 10.2. The van der Waals surface area contributed by atoms with Gasteiger partial charge in [0.15, 0.2) is 0 Å². The molecule has 0 amide bonds. The number of nitrogens with one attached hydrogen (secondary N) is 1. The highest BCUT2D eigenvalue weighted by Gasteiger charge is 2.60. The standard InChI is InChI=1S/C22H37NO4/c1-14-8-16-9-22(7-6-17(16)24)11-21(14,4)18(25)10-20(3,12-23)19(15(22)2)27-13-26-5/h12,14-16,18-19,23,25H,6-11,13H2,1-5H3/t14-,15+,16?,18-,19+,20+,21+,22?/m1/s1. The molecular formula is C22H37NO4. The monoisotopic (exact) mass is 379 g/mol. The number of fused-ring (bicyclic) bond motifs is 2. The highest BCUT2D eigenvalue weighted by Crippen LogP contribution is 2.62. The fourth-order valence-electron chi connectivity index (χ4n) is 6.58. The van der Waals surface area contributed by atoms with Crippen LogP contribution in [0, 0.1) is 39.4 Å². The number of ether oxygens (including phenoxy) is 2. The summed E-state index contributed by atoms with van der Waals surface area (Å²) in [5, 5.41) is 19.6. The fourth-order valence-corrected chi connectivity index (χ4v) is 6.58. The number of carbonyl (C=O) groups excluding carboxylic acids is 1. The highest BCUT2D eigenvalue weighted by molar-refractivity contribution is 5.82. The smallest absolute Gasteiger partial charge is 0.146 e. The zero-order valence-corrected chi connectivity index (χ0v) is 17.6. The Morgan fingerprint density at radius 3 is 2.63 bits per heavy atom. The van der Waals surface area contributed by atoms with Gasteiger partial charge in [-0.25, -0.2) is 0 Å². The van der Waals surface area contributed by atoms with Gasteiger partial charge in [0.1, 0.15) is 12.6 Å². The third-order valence-corrected chi connectivity index (χ3v) is 8.63. The van der Waals surface area contributed by atoms with Gasteiger partial charge in [0.05, 0.1) is 12.2 Å². The highest BCUT2D eigenvalue weighted by atomic mass is 16.7. The van der Waals surface area contributed by atoms with E-state index in [9.17, 15) is 9.90 Å². The average Bonchev–Trinajstić information content (AvgIpc) is 2.72. The molecule has 3 rings (SSSR count). The lowest BCUT2D eigenvalue weighted by Gasteiger charge is -2.56. The van der Waals surface area contributed by atoms with Crippen molar-refractivity contribution in [3.8, 4) is 0 Å². The van der Waals surface area contributed by atoms with Crippen molar-refractivity contribution in [1.29, 1.82) is 5.41 Å². The van der Waals surface area contributed by atoms with Gasteiger partial charge in [-0.15, -0.1) is 0 Å². The van der Waals surface area contributed by atoms with Crippen LogP contribution >= 0.6 is 0 Å². The molecule has 0 aliphatic heterocycles. The molecule has 0 aromatic rings. The molecule has 5 heteroatoms. The number of aliphatic hydroxyl groups excluding tert-OH is 1. The van der Waals surface area contributed by atoms with Gasteiger partial charge in [-0.1, -0.05) is 27.7 Å². The summed E-state index contributed by atoms with van der Waals surface area (Å²) in [6, 6.07) is 0. The summed E-state index contributed by atoms with van der Waals surface area (Å²) in [7, 11) is 1.61. The van der Waals surface area contributed by atoms with E-state index in [1.54, 1.807) is 7.11 Å². The van der Waals surface area contributed by atoms with E-state index in [1.807, 2.05) is 6.92 Å². The molecular weight excluding hydrogens is 342 g/mol. The van der Waals surface area contributed by atoms with Gasteiger partial charge >= 0.3 is 0 Å². The van der Waals surface area contributed by atoms with Crippen molar-refractivity contribution < 1.29 is 19.4 Å². The molecule has 3 bridgehead atoms. The molecule has 0 aromatic heterocycles. The van der Waals surface area contributed by atoms with Crippen molar-refractivity contribution in [3.63, 3.8) is 0 Å². The third kappa shape index (κ3) is 3.30. The Hall–Kier alpha value is -0.780. The summed E-state index contributed by atoms with van der Waals surface area (Å²) in [4.78, 5) is 12.6. The molecule has 3 saturated carbocycles. The summed E-state index contributed by atoms with van der Waals surface area (Å²) in [6.45, 7) is 8.87. The summed E-state index contributed by atoms with van der Waals surface area (Å²) < 4.78 is 11.4. The molecule has 8 atom stereocenters. The number of ketones is 1. The summed E-state index contributed by atoms with van der Waals surface area (Å²) in [5.74, 6) is 0.955. The minimum Gasteiger partial charge on any atom is -0.393 e. The van der Waals surface area contributed by atoms with Crippen molar-refractivity contribution >= 4 is 12.0 Å². The number of hydrogen-bond donors (Lipinski definition) is 2. The minimum absolute atomic E-state index is 0.0395. The molecule has 3 fully saturated rings. The molecule has 0 radical (unpaired) electrons. The first-order valence-corrected chi connectivity index (χ1v) is 10.4. The number of hydrogen-bond acceptors (Lipinski definition) is 5. The van der Waals surface area contributed by atoms with E-state index in [0.717, 1.165) is 25.7 Å². The Labute approximate surface area is 163 Å². The molecule has 27 heavy (non-hydrogen) atoms. The molecule has 0 heterocycles. The first-order valence-electron chi connectivity index (χ1n) is 10.4. The van der Waals surface area contributed by atoms with Crippen LogP contribution in [0.15, 0.2) is 0 Å². The normalized spacial score (nSPS) is 50.4. The van der Waals surface area contributed by atoms with E-state index in [4.69, 9.17) is 14.9 Å². The Kier molecular flexibility index (Phi) is 5.61. The largest absolute Gasteiger partial charge is 0.393 e. The number of carbonyl (C=O) groups is 1. The fraction of sp³-hybridized carbons (Fsp3) is 0.909. The molecule has 1 spiro atoms. The number of rotatable bonds is 4. The molecule has 3 aliphatic carbocycles. The van der Waals surface area contributed by atoms with Crippen molar-refractivity contribution in [3.05, 3.63) is 0 Å². The maximum Gasteiger partial charge on any atom is 0.146 e. The third-order valence-electron chi connectivity index (χ3n) is 8.63. The molecule has 154 valence electrons. The second kappa shape index (κ2) is 7.23. The number of methoxy groups -OCH3 is 1. The molecule has 2 unspecified atom stereocenters. The van der Waals surface area contributed by atoms with Gasteiger partial charge in [-0.2, -0.15) is 0 Å². The Morgan fingerprint density at radius 1 is 1.30 bits per heavy atom. The van der Waals surface area contributed by atoms with Gasteiger partial charge in [-0.3, -0.25) is 4.79 Å². The lowest BCUT2D eigenvalue weighted by atomic mass is 9.51. The first-order chi connectivity index (χ1) is 12.6. The van der Waals surface area contributed by atoms with E-state index >= 15 is 0 Å². The molecule has 0 saturated heterocycles. The van der Waals surface area contributed by atoms with Crippen LogP contribution in [0.25, 0.3) is 0 Å². The van der Waals surface area contributed by atoms with Gasteiger partial charge in [0.25, 0.3) is 0 Å². The van der Waals surface area contributed by atoms with Crippen LogP contribution in [0.3, 0.4) is 0 Å². The SMILES string of the molecule is COCO[C@H]1[C@H](C)C23CCC(=O)C(C[C@@H](C)[C@](C)(C2)[C@H](O)C[C@@]1(C)C=N)C3. The van der Waals surface area contributed by atoms with Crippen LogP contribution in [-0.2, 0) is 14.3 Å². The maximum absolute atomic E-state index is 12.6. The molecule has 0 aromatic carbocycles. The Morgan fingerprint density at radius 2 is 2.00 bits per heavy atom. The van der Waals surface area contributed by atoms with E-state index in [1.165, 1.54) is 6.21 Å². The molecule has 2 N–H and O–H groups in total. The summed E-state index contributed by atoms with van der Waals surface area (Å²) in [6.07, 6.45) is 5.42. The van der Waals surface area contributed by atoms with E-state index in [2.05, 4.69) is 20.8 Å². The summed E-state index contributed by atoms with van der Waals surface area (Å²) in [5.41, 5.74) is -0.848. The zero-order chi connectivity index (χ0) is 20.0. The minimum atomic E-state index is -0.562. The Balaban J connectivity index is 2.12. The van der Waals surface area contributed by atoms with Crippen molar-refractivity contribution in [2.45, 2.75) is 78.4 Å². The summed E-state index contributed by atoms with van der Waals surface area (Å²) >= 11 is 0. The van der Waals surface area contributed by atoms with E-state index < -0.39 is 11.5 Å². The Bertz CT molecular complexity index is 595. The molecule has 5 nitrogen and oxygen atoms in total. The van der Waals surface area contributed by atoms with Crippen LogP contribution in [0.5, 0.6) is 0 Å². The lowest BCUT2D eigenvalue weighted by Crippen LogP contribution is -2.56. The average molecular weight is 380 g/mol. The van der Waals surface area contributed by atoms with Gasteiger partial charge < -0.3 is 20.0 Å². The topological polar surface area (TPSA) is 79.6 Å². The van der Waals surface area contributed by atoms with Gasteiger partial charge in [0, 0.05) is 31.1 Å². The quantitative estimate of drug-likeness (QED) is 0.575. The van der Waals surface area contributed by atoms with Gasteiger partial charge in [-0.05, 0) is 54.8 Å². The second-order valence-corrected chi connectivity index (χ2v) is 10.2. The van der Waals surface area contributed by atoms with Crippen molar-refractivity contribution in [2.24, 2.45) is 34.0 Å². The van der Waals surface area contributed by atoms with Crippen molar-refractivity contribution in [2.75, 3.05) is 13.9 Å². The van der Waals surface area contributed by atoms with E-state index in [-0.39, 0.29) is 41.5 Å². The zero-order valence-electron chi connectivity index (χ0n) is 17.6. The predicted molar refractivity (Wildman–Crippen MR) is 105 cm³/mol. The molecule has 3 aliphatic rings. The lowest BCUT2D eigenvalue weighted by molar-refractivity contribution is -0.179. The maximum atomic E-state index is 12.6. The van der Waals surface area contributed by atoms with Crippen LogP contribution in [-0.4, -0.2) is 43.2 Å². The van der Waals surface area contributed by atoms with Crippen molar-refractivity contribution in [1.82, 2.24) is 0 Å². The van der Waals surface area contributed by atoms with Gasteiger partial charge in [0.2, 0.25) is 0 Å². The van der Waals surface area contributed by atoms with Crippen LogP contribution < -0.4 is 0 Å². The number of aliphatic hydroxyl groups is 1. The van der Waals surface area contributed by atoms with Crippen LogP contribution in [0.4, 0.5) is 0 Å². The predicted octanol–water partition coefficient (Wildman–Crippen LogP) is 3.82. The number of Topliss-reactive ketones (excluding diaryl/α,β-unsaturated/α-hetero) is 1. The first kappa shape index (κ1) is 20.9. The van der Waals surface area contributed by atoms with E-state index in [0.29, 0.717) is 18.6 Å². The van der Waals surface area contributed by atoms with Crippen LogP contribution in [0.2, 0.25) is 0 Å². The van der Waals surface area contributed by atoms with Crippen LogP contribution in [0.1, 0.15) is 66.2 Å².